The summed E-state index contributed by atoms with van der Waals surface area (Å²) in [5.41, 5.74) is 8.63. The maximum Gasteiger partial charge on any atom is 0.255 e. The fourth-order valence-corrected chi connectivity index (χ4v) is 2.19. The third kappa shape index (κ3) is 3.43. The molecular weight excluding hydrogens is 336 g/mol. The number of carbonyl (C=O) groups excluding carboxylic acids is 1. The van der Waals surface area contributed by atoms with Crippen molar-refractivity contribution < 1.29 is 4.79 Å². The number of benzene rings is 2. The predicted molar refractivity (Wildman–Crippen MR) is 89.2 cm³/mol. The van der Waals surface area contributed by atoms with Gasteiger partial charge >= 0.3 is 0 Å². The average Bonchev–Trinajstić information content (AvgIpc) is 2.42. The molecular formula is C15H13BrN2OS. The molecule has 2 aromatic carbocycles. The Hall–Kier alpha value is -1.72. The van der Waals surface area contributed by atoms with Crippen LogP contribution in [-0.4, -0.2) is 10.9 Å². The first-order valence-electron chi connectivity index (χ1n) is 5.95. The second kappa shape index (κ2) is 6.15. The average molecular weight is 349 g/mol. The van der Waals surface area contributed by atoms with Crippen LogP contribution in [0.5, 0.6) is 0 Å². The smallest absolute Gasteiger partial charge is 0.255 e. The summed E-state index contributed by atoms with van der Waals surface area (Å²) in [5, 5.41) is 2.83. The fourth-order valence-electron chi connectivity index (χ4n) is 1.69. The van der Waals surface area contributed by atoms with Crippen molar-refractivity contribution in [1.82, 2.24) is 0 Å². The van der Waals surface area contributed by atoms with Gasteiger partial charge in [0.05, 0.1) is 0 Å². The first kappa shape index (κ1) is 14.7. The molecule has 0 spiro atoms. The number of amides is 1. The summed E-state index contributed by atoms with van der Waals surface area (Å²) < 4.78 is 0.905. The van der Waals surface area contributed by atoms with Crippen molar-refractivity contribution in [2.24, 2.45) is 5.73 Å². The minimum atomic E-state index is -0.175. The van der Waals surface area contributed by atoms with Crippen molar-refractivity contribution in [3.8, 4) is 0 Å². The molecule has 0 saturated heterocycles. The SMILES string of the molecule is Cc1ccc(C(=O)Nc2cccc(C(N)=S)c2)cc1Br. The molecule has 0 aromatic heterocycles. The van der Waals surface area contributed by atoms with Crippen molar-refractivity contribution in [2.45, 2.75) is 6.92 Å². The van der Waals surface area contributed by atoms with E-state index >= 15 is 0 Å². The van der Waals surface area contributed by atoms with Gasteiger partial charge in [0.15, 0.2) is 0 Å². The summed E-state index contributed by atoms with van der Waals surface area (Å²) in [5.74, 6) is -0.175. The van der Waals surface area contributed by atoms with E-state index in [0.717, 1.165) is 15.6 Å². The maximum atomic E-state index is 12.2. The van der Waals surface area contributed by atoms with Crippen molar-refractivity contribution in [3.63, 3.8) is 0 Å². The van der Waals surface area contributed by atoms with Crippen LogP contribution < -0.4 is 11.1 Å². The van der Waals surface area contributed by atoms with E-state index in [1.54, 1.807) is 36.4 Å². The molecule has 0 aliphatic heterocycles. The summed E-state index contributed by atoms with van der Waals surface area (Å²) in [6.07, 6.45) is 0. The number of aryl methyl sites for hydroxylation is 1. The van der Waals surface area contributed by atoms with Gasteiger partial charge < -0.3 is 11.1 Å². The Balaban J connectivity index is 2.21. The van der Waals surface area contributed by atoms with Gasteiger partial charge in [-0.25, -0.2) is 0 Å². The summed E-state index contributed by atoms with van der Waals surface area (Å²) in [4.78, 5) is 12.5. The van der Waals surface area contributed by atoms with Gasteiger partial charge in [-0.1, -0.05) is 46.3 Å². The van der Waals surface area contributed by atoms with Gasteiger partial charge in [0, 0.05) is 21.3 Å². The van der Waals surface area contributed by atoms with E-state index in [0.29, 0.717) is 16.2 Å². The highest BCUT2D eigenvalue weighted by Crippen LogP contribution is 2.19. The lowest BCUT2D eigenvalue weighted by molar-refractivity contribution is 0.102. The monoisotopic (exact) mass is 348 g/mol. The Kier molecular flexibility index (Phi) is 4.52. The number of anilines is 1. The van der Waals surface area contributed by atoms with Crippen LogP contribution in [-0.2, 0) is 0 Å². The van der Waals surface area contributed by atoms with Gasteiger partial charge in [-0.2, -0.15) is 0 Å². The van der Waals surface area contributed by atoms with Gasteiger partial charge in [0.25, 0.3) is 5.91 Å². The lowest BCUT2D eigenvalue weighted by Crippen LogP contribution is -2.14. The molecule has 2 aromatic rings. The quantitative estimate of drug-likeness (QED) is 0.832. The van der Waals surface area contributed by atoms with E-state index in [1.165, 1.54) is 0 Å². The molecule has 0 unspecified atom stereocenters. The van der Waals surface area contributed by atoms with Crippen molar-refractivity contribution >= 4 is 44.7 Å². The van der Waals surface area contributed by atoms with Crippen molar-refractivity contribution in [1.29, 1.82) is 0 Å². The molecule has 0 aliphatic rings. The topological polar surface area (TPSA) is 55.1 Å². The molecule has 0 atom stereocenters. The van der Waals surface area contributed by atoms with Crippen LogP contribution in [0.3, 0.4) is 0 Å². The van der Waals surface area contributed by atoms with Crippen molar-refractivity contribution in [2.75, 3.05) is 5.32 Å². The Bertz CT molecular complexity index is 685. The van der Waals surface area contributed by atoms with Crippen LogP contribution >= 0.6 is 28.1 Å². The Labute approximate surface area is 131 Å². The normalized spacial score (nSPS) is 10.1. The van der Waals surface area contributed by atoms with Crippen molar-refractivity contribution in [3.05, 3.63) is 63.6 Å². The molecule has 0 fully saturated rings. The van der Waals surface area contributed by atoms with E-state index < -0.39 is 0 Å². The molecule has 1 amide bonds. The van der Waals surface area contributed by atoms with Crippen LogP contribution in [0.25, 0.3) is 0 Å². The Morgan fingerprint density at radius 3 is 2.60 bits per heavy atom. The van der Waals surface area contributed by atoms with Crippen LogP contribution in [0.2, 0.25) is 0 Å². The van der Waals surface area contributed by atoms with Gasteiger partial charge in [0.2, 0.25) is 0 Å². The zero-order valence-corrected chi connectivity index (χ0v) is 13.2. The lowest BCUT2D eigenvalue weighted by Gasteiger charge is -2.08. The van der Waals surface area contributed by atoms with Crippen LogP contribution in [0, 0.1) is 6.92 Å². The van der Waals surface area contributed by atoms with Gasteiger partial charge in [-0.05, 0) is 36.8 Å². The second-order valence-corrected chi connectivity index (χ2v) is 5.66. The molecule has 102 valence electrons. The number of nitrogens with two attached hydrogens (primary N) is 1. The molecule has 0 heterocycles. The van der Waals surface area contributed by atoms with Crippen LogP contribution in [0.4, 0.5) is 5.69 Å². The first-order chi connectivity index (χ1) is 9.47. The number of halogens is 1. The highest BCUT2D eigenvalue weighted by atomic mass is 79.9. The maximum absolute atomic E-state index is 12.2. The zero-order chi connectivity index (χ0) is 14.7. The predicted octanol–water partition coefficient (Wildman–Crippen LogP) is 3.64. The number of carbonyl (C=O) groups is 1. The number of hydrogen-bond acceptors (Lipinski definition) is 2. The lowest BCUT2D eigenvalue weighted by atomic mass is 10.1. The van der Waals surface area contributed by atoms with E-state index in [4.69, 9.17) is 18.0 Å². The fraction of sp³-hybridized carbons (Fsp3) is 0.0667. The zero-order valence-electron chi connectivity index (χ0n) is 10.8. The molecule has 0 aliphatic carbocycles. The number of nitrogens with one attached hydrogen (secondary N) is 1. The number of rotatable bonds is 3. The highest BCUT2D eigenvalue weighted by Gasteiger charge is 2.08. The minimum Gasteiger partial charge on any atom is -0.389 e. The molecule has 2 rings (SSSR count). The minimum absolute atomic E-state index is 0.175. The third-order valence-corrected chi connectivity index (χ3v) is 3.93. The van der Waals surface area contributed by atoms with Crippen LogP contribution in [0.15, 0.2) is 46.9 Å². The summed E-state index contributed by atoms with van der Waals surface area (Å²) >= 11 is 8.34. The first-order valence-corrected chi connectivity index (χ1v) is 7.15. The molecule has 20 heavy (non-hydrogen) atoms. The van der Waals surface area contributed by atoms with E-state index in [-0.39, 0.29) is 5.91 Å². The van der Waals surface area contributed by atoms with Crippen LogP contribution in [0.1, 0.15) is 21.5 Å². The molecule has 0 bridgehead atoms. The second-order valence-electron chi connectivity index (χ2n) is 4.36. The number of thiocarbonyl (C=S) groups is 1. The number of hydrogen-bond donors (Lipinski definition) is 2. The highest BCUT2D eigenvalue weighted by molar-refractivity contribution is 9.10. The van der Waals surface area contributed by atoms with Gasteiger partial charge in [-0.15, -0.1) is 0 Å². The van der Waals surface area contributed by atoms with Gasteiger partial charge in [-0.3, -0.25) is 4.79 Å². The van der Waals surface area contributed by atoms with E-state index in [1.807, 2.05) is 13.0 Å². The standard InChI is InChI=1S/C15H13BrN2OS/c1-9-5-6-11(8-13(9)16)15(19)18-12-4-2-3-10(7-12)14(17)20/h2-8H,1H3,(H2,17,20)(H,18,19). The summed E-state index contributed by atoms with van der Waals surface area (Å²) in [6.45, 7) is 1.97. The molecule has 3 nitrogen and oxygen atoms in total. The Morgan fingerprint density at radius 2 is 1.95 bits per heavy atom. The largest absolute Gasteiger partial charge is 0.389 e. The summed E-state index contributed by atoms with van der Waals surface area (Å²) in [6, 6.07) is 12.6. The molecule has 3 N–H and O–H groups in total. The third-order valence-electron chi connectivity index (χ3n) is 2.84. The summed E-state index contributed by atoms with van der Waals surface area (Å²) in [7, 11) is 0. The molecule has 0 radical (unpaired) electrons. The molecule has 5 heteroatoms. The molecule has 0 saturated carbocycles. The Morgan fingerprint density at radius 1 is 1.20 bits per heavy atom. The van der Waals surface area contributed by atoms with E-state index in [2.05, 4.69) is 21.2 Å². The van der Waals surface area contributed by atoms with E-state index in [9.17, 15) is 4.79 Å². The van der Waals surface area contributed by atoms with Gasteiger partial charge in [0.1, 0.15) is 4.99 Å².